The average Bonchev–Trinajstić information content (AvgIpc) is 2.16. The third-order valence-corrected chi connectivity index (χ3v) is 2.17. The van der Waals surface area contributed by atoms with Crippen molar-refractivity contribution in [3.63, 3.8) is 0 Å². The van der Waals surface area contributed by atoms with Gasteiger partial charge in [0.25, 0.3) is 0 Å². The lowest BCUT2D eigenvalue weighted by atomic mass is 10.3. The van der Waals surface area contributed by atoms with Crippen LogP contribution in [0.15, 0.2) is 12.4 Å². The van der Waals surface area contributed by atoms with E-state index in [0.717, 1.165) is 6.54 Å². The van der Waals surface area contributed by atoms with Gasteiger partial charge in [-0.1, -0.05) is 0 Å². The Labute approximate surface area is 84.3 Å². The highest BCUT2D eigenvalue weighted by Gasteiger charge is 2.05. The van der Waals surface area contributed by atoms with Gasteiger partial charge in [-0.2, -0.15) is 0 Å². The van der Waals surface area contributed by atoms with E-state index in [1.165, 1.54) is 0 Å². The monoisotopic (exact) mass is 195 g/mol. The quantitative estimate of drug-likeness (QED) is 0.729. The summed E-state index contributed by atoms with van der Waals surface area (Å²) in [6.07, 6.45) is 3.20. The van der Waals surface area contributed by atoms with Crippen molar-refractivity contribution >= 4 is 11.6 Å². The molecular formula is C9H17N5. The van der Waals surface area contributed by atoms with Crippen molar-refractivity contribution in [3.05, 3.63) is 12.4 Å². The molecule has 1 rings (SSSR count). The maximum atomic E-state index is 5.63. The molecule has 0 aliphatic heterocycles. The van der Waals surface area contributed by atoms with Crippen LogP contribution in [0.5, 0.6) is 0 Å². The van der Waals surface area contributed by atoms with E-state index in [-0.39, 0.29) is 0 Å². The first-order valence-electron chi connectivity index (χ1n) is 4.58. The molecule has 1 aromatic heterocycles. The predicted molar refractivity (Wildman–Crippen MR) is 58.1 cm³/mol. The van der Waals surface area contributed by atoms with Gasteiger partial charge in [-0.3, -0.25) is 0 Å². The molecule has 0 aromatic carbocycles. The van der Waals surface area contributed by atoms with Gasteiger partial charge in [0.2, 0.25) is 0 Å². The van der Waals surface area contributed by atoms with Crippen LogP contribution in [0.4, 0.5) is 11.6 Å². The van der Waals surface area contributed by atoms with Crippen LogP contribution in [0, 0.1) is 0 Å². The Morgan fingerprint density at radius 1 is 1.43 bits per heavy atom. The summed E-state index contributed by atoms with van der Waals surface area (Å²) in [6, 6.07) is 0.427. The van der Waals surface area contributed by atoms with Gasteiger partial charge in [-0.15, -0.1) is 0 Å². The number of hydrogen-bond donors (Lipinski definition) is 2. The van der Waals surface area contributed by atoms with Gasteiger partial charge in [0.1, 0.15) is 0 Å². The molecule has 1 atom stereocenters. The first kappa shape index (κ1) is 10.7. The van der Waals surface area contributed by atoms with Crippen LogP contribution in [0.1, 0.15) is 6.92 Å². The largest absolute Gasteiger partial charge is 0.381 e. The second-order valence-corrected chi connectivity index (χ2v) is 3.48. The summed E-state index contributed by atoms with van der Waals surface area (Å²) in [7, 11) is 4.07. The van der Waals surface area contributed by atoms with E-state index in [9.17, 15) is 0 Å². The summed E-state index contributed by atoms with van der Waals surface area (Å²) in [5.41, 5.74) is 5.63. The van der Waals surface area contributed by atoms with Crippen molar-refractivity contribution in [2.45, 2.75) is 13.0 Å². The highest BCUT2D eigenvalue weighted by atomic mass is 15.1. The fraction of sp³-hybridized carbons (Fsp3) is 0.556. The topological polar surface area (TPSA) is 67.1 Å². The van der Waals surface area contributed by atoms with Crippen LogP contribution in [-0.4, -0.2) is 41.5 Å². The van der Waals surface area contributed by atoms with Gasteiger partial charge in [0, 0.05) is 25.0 Å². The maximum Gasteiger partial charge on any atom is 0.168 e. The molecule has 0 fully saturated rings. The SMILES string of the molecule is CC(CNc1nccnc1N)N(C)C. The molecule has 5 heteroatoms. The summed E-state index contributed by atoms with van der Waals surface area (Å²) < 4.78 is 0. The smallest absolute Gasteiger partial charge is 0.168 e. The average molecular weight is 195 g/mol. The van der Waals surface area contributed by atoms with Crippen molar-refractivity contribution in [2.75, 3.05) is 31.7 Å². The molecule has 14 heavy (non-hydrogen) atoms. The number of nitrogen functional groups attached to an aromatic ring is 1. The third-order valence-electron chi connectivity index (χ3n) is 2.17. The van der Waals surface area contributed by atoms with E-state index < -0.39 is 0 Å². The number of hydrogen-bond acceptors (Lipinski definition) is 5. The van der Waals surface area contributed by atoms with E-state index in [2.05, 4.69) is 27.1 Å². The second kappa shape index (κ2) is 4.76. The Kier molecular flexibility index (Phi) is 3.64. The Balaban J connectivity index is 2.50. The molecule has 5 nitrogen and oxygen atoms in total. The van der Waals surface area contributed by atoms with Crippen molar-refractivity contribution in [1.29, 1.82) is 0 Å². The number of nitrogens with two attached hydrogens (primary N) is 1. The minimum Gasteiger partial charge on any atom is -0.381 e. The summed E-state index contributed by atoms with van der Waals surface area (Å²) in [6.45, 7) is 2.93. The zero-order valence-electron chi connectivity index (χ0n) is 8.86. The van der Waals surface area contributed by atoms with E-state index in [1.807, 2.05) is 14.1 Å². The molecule has 0 amide bonds. The Morgan fingerprint density at radius 3 is 2.64 bits per heavy atom. The van der Waals surface area contributed by atoms with Crippen LogP contribution >= 0.6 is 0 Å². The number of anilines is 2. The third kappa shape index (κ3) is 2.85. The molecule has 1 aromatic rings. The van der Waals surface area contributed by atoms with Crippen LogP contribution < -0.4 is 11.1 Å². The van der Waals surface area contributed by atoms with E-state index in [0.29, 0.717) is 17.7 Å². The fourth-order valence-corrected chi connectivity index (χ4v) is 0.912. The number of nitrogens with zero attached hydrogens (tertiary/aromatic N) is 3. The molecule has 0 saturated carbocycles. The van der Waals surface area contributed by atoms with Gasteiger partial charge >= 0.3 is 0 Å². The van der Waals surface area contributed by atoms with Crippen LogP contribution in [0.2, 0.25) is 0 Å². The number of rotatable bonds is 4. The van der Waals surface area contributed by atoms with Crippen LogP contribution in [0.3, 0.4) is 0 Å². The molecule has 78 valence electrons. The molecular weight excluding hydrogens is 178 g/mol. The van der Waals surface area contributed by atoms with Crippen molar-refractivity contribution < 1.29 is 0 Å². The highest BCUT2D eigenvalue weighted by molar-refractivity contribution is 5.54. The van der Waals surface area contributed by atoms with E-state index in [4.69, 9.17) is 5.73 Å². The minimum absolute atomic E-state index is 0.427. The lowest BCUT2D eigenvalue weighted by Crippen LogP contribution is -2.31. The lowest BCUT2D eigenvalue weighted by molar-refractivity contribution is 0.326. The zero-order valence-corrected chi connectivity index (χ0v) is 8.86. The number of aromatic nitrogens is 2. The van der Waals surface area contributed by atoms with Crippen molar-refractivity contribution in [2.24, 2.45) is 0 Å². The maximum absolute atomic E-state index is 5.63. The Hall–Kier alpha value is -1.36. The zero-order chi connectivity index (χ0) is 10.6. The Bertz CT molecular complexity index is 286. The molecule has 1 unspecified atom stereocenters. The molecule has 1 heterocycles. The van der Waals surface area contributed by atoms with Crippen LogP contribution in [-0.2, 0) is 0 Å². The van der Waals surface area contributed by atoms with Gasteiger partial charge in [-0.25, -0.2) is 9.97 Å². The van der Waals surface area contributed by atoms with Gasteiger partial charge in [0.05, 0.1) is 0 Å². The molecule has 0 radical (unpaired) electrons. The number of likely N-dealkylation sites (N-methyl/N-ethyl adjacent to an activating group) is 1. The first-order valence-corrected chi connectivity index (χ1v) is 4.58. The number of nitrogens with one attached hydrogen (secondary N) is 1. The van der Waals surface area contributed by atoms with Gasteiger partial charge in [-0.05, 0) is 21.0 Å². The molecule has 0 saturated heterocycles. The van der Waals surface area contributed by atoms with E-state index >= 15 is 0 Å². The fourth-order valence-electron chi connectivity index (χ4n) is 0.912. The standard InChI is InChI=1S/C9H17N5/c1-7(14(2)3)6-13-9-8(10)11-4-5-12-9/h4-5,7H,6H2,1-3H3,(H2,10,11)(H,12,13). The summed E-state index contributed by atoms with van der Waals surface area (Å²) in [4.78, 5) is 10.2. The Morgan fingerprint density at radius 2 is 2.07 bits per heavy atom. The van der Waals surface area contributed by atoms with Gasteiger partial charge < -0.3 is 16.0 Å². The summed E-state index contributed by atoms with van der Waals surface area (Å²) in [5.74, 6) is 1.10. The van der Waals surface area contributed by atoms with Crippen LogP contribution in [0.25, 0.3) is 0 Å². The minimum atomic E-state index is 0.427. The predicted octanol–water partition coefficient (Wildman–Crippen LogP) is 0.421. The van der Waals surface area contributed by atoms with Crippen molar-refractivity contribution in [1.82, 2.24) is 14.9 Å². The van der Waals surface area contributed by atoms with E-state index in [1.54, 1.807) is 12.4 Å². The summed E-state index contributed by atoms with van der Waals surface area (Å²) in [5, 5.41) is 3.15. The molecule has 0 aliphatic rings. The first-order chi connectivity index (χ1) is 6.61. The lowest BCUT2D eigenvalue weighted by Gasteiger charge is -2.20. The van der Waals surface area contributed by atoms with Gasteiger partial charge in [0.15, 0.2) is 11.6 Å². The molecule has 3 N–H and O–H groups in total. The highest BCUT2D eigenvalue weighted by Crippen LogP contribution is 2.09. The molecule has 0 bridgehead atoms. The normalized spacial score (nSPS) is 12.9. The van der Waals surface area contributed by atoms with Crippen molar-refractivity contribution in [3.8, 4) is 0 Å². The molecule has 0 spiro atoms. The second-order valence-electron chi connectivity index (χ2n) is 3.48. The summed E-state index contributed by atoms with van der Waals surface area (Å²) >= 11 is 0. The molecule has 0 aliphatic carbocycles.